The van der Waals surface area contributed by atoms with Crippen molar-refractivity contribution in [2.75, 3.05) is 32.7 Å². The largest absolute Gasteiger partial charge is 0.354 e. The first kappa shape index (κ1) is 24.7. The third kappa shape index (κ3) is 8.75. The van der Waals surface area contributed by atoms with Crippen molar-refractivity contribution in [3.8, 4) is 0 Å². The van der Waals surface area contributed by atoms with Crippen LogP contribution in [-0.2, 0) is 4.79 Å². The Hall–Kier alpha value is -0.550. The van der Waals surface area contributed by atoms with Gasteiger partial charge in [-0.3, -0.25) is 9.69 Å². The van der Waals surface area contributed by atoms with E-state index in [1.807, 2.05) is 12.2 Å². The topological polar surface area (TPSA) is 44.4 Å². The molecule has 2 unspecified atom stereocenters. The smallest absolute Gasteiger partial charge is 0.224 e. The number of carbonyl (C=O) groups excluding carboxylic acids is 1. The molecule has 0 radical (unpaired) electrons. The summed E-state index contributed by atoms with van der Waals surface area (Å²) in [5.74, 6) is 0.776. The van der Waals surface area contributed by atoms with E-state index in [-0.39, 0.29) is 36.6 Å². The SMILES string of the molecule is C=CCN(CC=C)C(CNC(=O)C1CCCNC1)C(C)C.Cl.Cl. The van der Waals surface area contributed by atoms with Crippen LogP contribution in [-0.4, -0.2) is 49.6 Å². The molecular formula is C17H33Cl2N3O. The number of nitrogens with one attached hydrogen (secondary N) is 2. The second-order valence-electron chi connectivity index (χ2n) is 6.13. The zero-order chi connectivity index (χ0) is 15.7. The normalized spacial score (nSPS) is 18.5. The Morgan fingerprint density at radius 3 is 2.35 bits per heavy atom. The van der Waals surface area contributed by atoms with E-state index < -0.39 is 0 Å². The highest BCUT2D eigenvalue weighted by Gasteiger charge is 2.24. The third-order valence-electron chi connectivity index (χ3n) is 4.12. The van der Waals surface area contributed by atoms with E-state index in [9.17, 15) is 4.79 Å². The van der Waals surface area contributed by atoms with Gasteiger partial charge in [-0.2, -0.15) is 0 Å². The second-order valence-corrected chi connectivity index (χ2v) is 6.13. The van der Waals surface area contributed by atoms with Crippen molar-refractivity contribution in [1.82, 2.24) is 15.5 Å². The van der Waals surface area contributed by atoms with Gasteiger partial charge in [0.05, 0.1) is 5.92 Å². The molecule has 1 aliphatic rings. The molecule has 2 N–H and O–H groups in total. The van der Waals surface area contributed by atoms with Gasteiger partial charge in [-0.05, 0) is 25.3 Å². The van der Waals surface area contributed by atoms with Crippen molar-refractivity contribution in [1.29, 1.82) is 0 Å². The Labute approximate surface area is 154 Å². The minimum absolute atomic E-state index is 0. The number of amides is 1. The van der Waals surface area contributed by atoms with E-state index in [1.54, 1.807) is 0 Å². The van der Waals surface area contributed by atoms with Crippen LogP contribution < -0.4 is 10.6 Å². The standard InChI is InChI=1S/C17H31N3O.2ClH/c1-5-10-20(11-6-2)16(14(3)4)13-19-17(21)15-8-7-9-18-12-15;;/h5-6,14-16,18H,1-2,7-13H2,3-4H3,(H,19,21);2*1H. The van der Waals surface area contributed by atoms with Crippen molar-refractivity contribution in [2.45, 2.75) is 32.7 Å². The first-order chi connectivity index (χ1) is 10.1. The average molecular weight is 366 g/mol. The maximum Gasteiger partial charge on any atom is 0.224 e. The van der Waals surface area contributed by atoms with Crippen LogP contribution in [0.4, 0.5) is 0 Å². The first-order valence-electron chi connectivity index (χ1n) is 8.04. The van der Waals surface area contributed by atoms with E-state index in [4.69, 9.17) is 0 Å². The van der Waals surface area contributed by atoms with Crippen LogP contribution in [0.3, 0.4) is 0 Å². The third-order valence-corrected chi connectivity index (χ3v) is 4.12. The summed E-state index contributed by atoms with van der Waals surface area (Å²) in [6, 6.07) is 0.307. The van der Waals surface area contributed by atoms with Gasteiger partial charge in [0.2, 0.25) is 5.91 Å². The minimum atomic E-state index is 0. The summed E-state index contributed by atoms with van der Waals surface area (Å²) < 4.78 is 0. The summed E-state index contributed by atoms with van der Waals surface area (Å²) in [6.45, 7) is 16.2. The van der Waals surface area contributed by atoms with Crippen LogP contribution in [0.5, 0.6) is 0 Å². The molecule has 1 heterocycles. The van der Waals surface area contributed by atoms with Gasteiger partial charge in [-0.15, -0.1) is 38.0 Å². The average Bonchev–Trinajstić information content (AvgIpc) is 2.48. The van der Waals surface area contributed by atoms with Crippen molar-refractivity contribution in [2.24, 2.45) is 11.8 Å². The van der Waals surface area contributed by atoms with Crippen molar-refractivity contribution in [3.63, 3.8) is 0 Å². The molecule has 0 spiro atoms. The van der Waals surface area contributed by atoms with Gasteiger partial charge in [0.15, 0.2) is 0 Å². The molecule has 1 fully saturated rings. The molecule has 0 aromatic carbocycles. The summed E-state index contributed by atoms with van der Waals surface area (Å²) >= 11 is 0. The van der Waals surface area contributed by atoms with Crippen LogP contribution in [0.25, 0.3) is 0 Å². The molecule has 0 saturated carbocycles. The van der Waals surface area contributed by atoms with Gasteiger partial charge in [0.1, 0.15) is 0 Å². The molecule has 1 rings (SSSR count). The fourth-order valence-electron chi connectivity index (χ4n) is 2.89. The molecule has 0 aliphatic carbocycles. The molecule has 1 saturated heterocycles. The fraction of sp³-hybridized carbons (Fsp3) is 0.706. The Balaban J connectivity index is 0. The van der Waals surface area contributed by atoms with Crippen LogP contribution in [0, 0.1) is 11.8 Å². The van der Waals surface area contributed by atoms with E-state index in [0.717, 1.165) is 39.0 Å². The fourth-order valence-corrected chi connectivity index (χ4v) is 2.89. The zero-order valence-corrected chi connectivity index (χ0v) is 16.1. The van der Waals surface area contributed by atoms with Crippen molar-refractivity contribution in [3.05, 3.63) is 25.3 Å². The summed E-state index contributed by atoms with van der Waals surface area (Å²) in [5, 5.41) is 6.43. The molecule has 6 heteroatoms. The van der Waals surface area contributed by atoms with E-state index >= 15 is 0 Å². The van der Waals surface area contributed by atoms with E-state index in [2.05, 4.69) is 42.5 Å². The van der Waals surface area contributed by atoms with E-state index in [0.29, 0.717) is 18.5 Å². The lowest BCUT2D eigenvalue weighted by molar-refractivity contribution is -0.125. The number of piperidine rings is 1. The van der Waals surface area contributed by atoms with Gasteiger partial charge in [-0.25, -0.2) is 0 Å². The Morgan fingerprint density at radius 1 is 1.30 bits per heavy atom. The Bertz CT molecular complexity index is 335. The molecular weight excluding hydrogens is 333 g/mol. The van der Waals surface area contributed by atoms with Crippen LogP contribution in [0.15, 0.2) is 25.3 Å². The Kier molecular flexibility index (Phi) is 14.9. The lowest BCUT2D eigenvalue weighted by Crippen LogP contribution is -2.49. The van der Waals surface area contributed by atoms with Crippen molar-refractivity contribution < 1.29 is 4.79 Å². The first-order valence-corrected chi connectivity index (χ1v) is 8.04. The lowest BCUT2D eigenvalue weighted by atomic mass is 9.97. The summed E-state index contributed by atoms with van der Waals surface area (Å²) in [7, 11) is 0. The monoisotopic (exact) mass is 365 g/mol. The van der Waals surface area contributed by atoms with Gasteiger partial charge < -0.3 is 10.6 Å². The maximum absolute atomic E-state index is 12.3. The van der Waals surface area contributed by atoms with Crippen LogP contribution >= 0.6 is 24.8 Å². The lowest BCUT2D eigenvalue weighted by Gasteiger charge is -2.33. The maximum atomic E-state index is 12.3. The molecule has 0 bridgehead atoms. The predicted octanol–water partition coefficient (Wildman–Crippen LogP) is 2.64. The van der Waals surface area contributed by atoms with Gasteiger partial charge in [-0.1, -0.05) is 26.0 Å². The van der Waals surface area contributed by atoms with Gasteiger partial charge in [0.25, 0.3) is 0 Å². The highest BCUT2D eigenvalue weighted by atomic mass is 35.5. The quantitative estimate of drug-likeness (QED) is 0.617. The number of halogens is 2. The highest BCUT2D eigenvalue weighted by molar-refractivity contribution is 5.85. The number of hydrogen-bond acceptors (Lipinski definition) is 3. The summed E-state index contributed by atoms with van der Waals surface area (Å²) in [5.41, 5.74) is 0. The molecule has 2 atom stereocenters. The molecule has 4 nitrogen and oxygen atoms in total. The number of rotatable bonds is 9. The van der Waals surface area contributed by atoms with Gasteiger partial charge in [0, 0.05) is 32.2 Å². The molecule has 0 aromatic rings. The minimum Gasteiger partial charge on any atom is -0.354 e. The van der Waals surface area contributed by atoms with Gasteiger partial charge >= 0.3 is 0 Å². The zero-order valence-electron chi connectivity index (χ0n) is 14.4. The second kappa shape index (κ2) is 13.8. The summed E-state index contributed by atoms with van der Waals surface area (Å²) in [4.78, 5) is 14.6. The molecule has 1 amide bonds. The predicted molar refractivity (Wildman–Crippen MR) is 104 cm³/mol. The molecule has 1 aliphatic heterocycles. The summed E-state index contributed by atoms with van der Waals surface area (Å²) in [6.07, 6.45) is 5.90. The Morgan fingerprint density at radius 2 is 1.91 bits per heavy atom. The molecule has 23 heavy (non-hydrogen) atoms. The molecule has 0 aromatic heterocycles. The van der Waals surface area contributed by atoms with E-state index in [1.165, 1.54) is 0 Å². The number of nitrogens with zero attached hydrogens (tertiary/aromatic N) is 1. The van der Waals surface area contributed by atoms with Crippen LogP contribution in [0.2, 0.25) is 0 Å². The molecule has 136 valence electrons. The highest BCUT2D eigenvalue weighted by Crippen LogP contribution is 2.13. The number of hydrogen-bond donors (Lipinski definition) is 2. The van der Waals surface area contributed by atoms with Crippen LogP contribution in [0.1, 0.15) is 26.7 Å². The van der Waals surface area contributed by atoms with Crippen molar-refractivity contribution >= 4 is 30.7 Å². The number of carbonyl (C=O) groups is 1.